The Kier molecular flexibility index (Phi) is 4.15. The average Bonchev–Trinajstić information content (AvgIpc) is 2.49. The molecule has 3 N–H and O–H groups in total. The van der Waals surface area contributed by atoms with Crippen LogP contribution in [0.1, 0.15) is 5.56 Å². The topological polar surface area (TPSA) is 69.8 Å². The summed E-state index contributed by atoms with van der Waals surface area (Å²) in [5.74, 6) is 0. The summed E-state index contributed by atoms with van der Waals surface area (Å²) in [7, 11) is 1.92. The lowest BCUT2D eigenvalue weighted by Crippen LogP contribution is -2.38. The first-order valence-corrected chi connectivity index (χ1v) is 7.71. The van der Waals surface area contributed by atoms with Gasteiger partial charge in [0.25, 0.3) is 0 Å². The largest absolute Gasteiger partial charge is 0.391 e. The van der Waals surface area contributed by atoms with Crippen molar-refractivity contribution in [2.45, 2.75) is 12.5 Å². The highest BCUT2D eigenvalue weighted by Gasteiger charge is 2.27. The predicted octanol–water partition coefficient (Wildman–Crippen LogP) is 2.91. The van der Waals surface area contributed by atoms with Gasteiger partial charge in [-0.05, 0) is 36.4 Å². The number of carbonyl (C=O) groups is 1. The van der Waals surface area contributed by atoms with Gasteiger partial charge in [-0.1, -0.05) is 17.7 Å². The Labute approximate surface area is 139 Å². The van der Waals surface area contributed by atoms with Crippen LogP contribution in [0, 0.1) is 0 Å². The van der Waals surface area contributed by atoms with Gasteiger partial charge in [0.15, 0.2) is 0 Å². The first-order valence-electron chi connectivity index (χ1n) is 7.33. The van der Waals surface area contributed by atoms with Crippen molar-refractivity contribution in [2.75, 3.05) is 23.4 Å². The number of aliphatic hydroxyl groups is 1. The predicted molar refractivity (Wildman–Crippen MR) is 92.6 cm³/mol. The van der Waals surface area contributed by atoms with Gasteiger partial charge in [0.2, 0.25) is 0 Å². The number of nitrogens with zero attached hydrogens (tertiary/aromatic N) is 2. The van der Waals surface area contributed by atoms with Gasteiger partial charge in [-0.3, -0.25) is 4.90 Å². The number of hydrogen-bond donors (Lipinski definition) is 2. The summed E-state index contributed by atoms with van der Waals surface area (Å²) >= 11 is 5.92. The van der Waals surface area contributed by atoms with E-state index in [-0.39, 0.29) is 0 Å². The zero-order valence-corrected chi connectivity index (χ0v) is 13.5. The van der Waals surface area contributed by atoms with E-state index in [0.717, 1.165) is 11.3 Å². The number of urea groups is 1. The Bertz CT molecular complexity index is 733. The number of amides is 2. The van der Waals surface area contributed by atoms with Crippen LogP contribution in [0.5, 0.6) is 0 Å². The molecule has 0 aromatic heterocycles. The van der Waals surface area contributed by atoms with Crippen LogP contribution in [0.3, 0.4) is 0 Å². The Morgan fingerprint density at radius 1 is 1.30 bits per heavy atom. The van der Waals surface area contributed by atoms with Crippen molar-refractivity contribution in [2.24, 2.45) is 5.73 Å². The summed E-state index contributed by atoms with van der Waals surface area (Å²) in [6.07, 6.45) is 0.00123. The second-order valence-corrected chi connectivity index (χ2v) is 6.10. The normalized spacial score (nSPS) is 16.8. The van der Waals surface area contributed by atoms with Crippen molar-refractivity contribution in [1.29, 1.82) is 0 Å². The Morgan fingerprint density at radius 2 is 2.00 bits per heavy atom. The van der Waals surface area contributed by atoms with E-state index in [9.17, 15) is 9.90 Å². The van der Waals surface area contributed by atoms with E-state index < -0.39 is 12.1 Å². The number of halogens is 1. The molecule has 0 radical (unpaired) electrons. The summed E-state index contributed by atoms with van der Waals surface area (Å²) in [6.45, 7) is 0.563. The van der Waals surface area contributed by atoms with Crippen molar-refractivity contribution in [3.63, 3.8) is 0 Å². The lowest BCUT2D eigenvalue weighted by atomic mass is 9.97. The third kappa shape index (κ3) is 2.98. The second-order valence-electron chi connectivity index (χ2n) is 5.66. The molecule has 1 unspecified atom stereocenters. The molecule has 1 atom stereocenters. The number of benzene rings is 2. The van der Waals surface area contributed by atoms with Crippen molar-refractivity contribution in [3.05, 3.63) is 53.1 Å². The molecular weight excluding hydrogens is 314 g/mol. The summed E-state index contributed by atoms with van der Waals surface area (Å²) in [6, 6.07) is 12.0. The Hall–Kier alpha value is -2.24. The van der Waals surface area contributed by atoms with E-state index in [0.29, 0.717) is 29.4 Å². The minimum absolute atomic E-state index is 0.478. The minimum Gasteiger partial charge on any atom is -0.391 e. The third-order valence-electron chi connectivity index (χ3n) is 4.01. The monoisotopic (exact) mass is 331 g/mol. The number of β-amino-alcohol motifs (C(OH)–C–C–N with tert-alkyl or cyclic N) is 1. The fourth-order valence-electron chi connectivity index (χ4n) is 3.03. The van der Waals surface area contributed by atoms with E-state index in [2.05, 4.69) is 0 Å². The molecule has 0 saturated carbocycles. The van der Waals surface area contributed by atoms with E-state index in [1.165, 1.54) is 4.90 Å². The van der Waals surface area contributed by atoms with Crippen LogP contribution in [-0.4, -0.2) is 30.8 Å². The molecule has 2 amide bonds. The molecule has 0 saturated heterocycles. The number of rotatable bonds is 2. The fourth-order valence-corrected chi connectivity index (χ4v) is 3.15. The number of nitrogens with two attached hydrogens (primary N) is 1. The molecule has 0 aliphatic carbocycles. The van der Waals surface area contributed by atoms with Gasteiger partial charge in [-0.2, -0.15) is 0 Å². The van der Waals surface area contributed by atoms with Crippen LogP contribution in [0.15, 0.2) is 42.5 Å². The lowest BCUT2D eigenvalue weighted by Gasteiger charge is -2.34. The summed E-state index contributed by atoms with van der Waals surface area (Å²) in [5.41, 5.74) is 8.84. The first kappa shape index (κ1) is 15.6. The summed E-state index contributed by atoms with van der Waals surface area (Å²) in [4.78, 5) is 15.5. The third-order valence-corrected chi connectivity index (χ3v) is 4.26. The standard InChI is InChI=1S/C17H18ClN3O2/c1-20-10-13(22)9-14-15(20)3-2-4-16(14)21(17(19)23)12-7-5-11(18)6-8-12/h2-8,13,22H,9-10H2,1H3,(H2,19,23). The molecule has 5 nitrogen and oxygen atoms in total. The number of hydrogen-bond acceptors (Lipinski definition) is 3. The van der Waals surface area contributed by atoms with Crippen molar-refractivity contribution < 1.29 is 9.90 Å². The molecule has 3 rings (SSSR count). The minimum atomic E-state index is -0.580. The number of fused-ring (bicyclic) bond motifs is 1. The lowest BCUT2D eigenvalue weighted by molar-refractivity contribution is 0.177. The van der Waals surface area contributed by atoms with Gasteiger partial charge in [0, 0.05) is 36.3 Å². The van der Waals surface area contributed by atoms with Gasteiger partial charge in [0.1, 0.15) is 0 Å². The zero-order chi connectivity index (χ0) is 16.6. The van der Waals surface area contributed by atoms with Gasteiger partial charge in [-0.15, -0.1) is 0 Å². The highest BCUT2D eigenvalue weighted by Crippen LogP contribution is 2.37. The van der Waals surface area contributed by atoms with Gasteiger partial charge in [-0.25, -0.2) is 4.79 Å². The van der Waals surface area contributed by atoms with E-state index in [1.807, 2.05) is 30.1 Å². The molecule has 2 aromatic carbocycles. The highest BCUT2D eigenvalue weighted by molar-refractivity contribution is 6.30. The van der Waals surface area contributed by atoms with Gasteiger partial charge < -0.3 is 15.7 Å². The van der Waals surface area contributed by atoms with Crippen LogP contribution in [0.2, 0.25) is 5.02 Å². The Morgan fingerprint density at radius 3 is 2.65 bits per heavy atom. The Balaban J connectivity index is 2.13. The molecule has 2 aromatic rings. The van der Waals surface area contributed by atoms with Crippen LogP contribution in [0.4, 0.5) is 21.9 Å². The van der Waals surface area contributed by atoms with Crippen molar-refractivity contribution >= 4 is 34.7 Å². The molecule has 0 fully saturated rings. The van der Waals surface area contributed by atoms with Crippen LogP contribution >= 0.6 is 11.6 Å². The van der Waals surface area contributed by atoms with E-state index in [1.54, 1.807) is 24.3 Å². The number of primary amides is 1. The number of likely N-dealkylation sites (N-methyl/N-ethyl adjacent to an activating group) is 1. The van der Waals surface area contributed by atoms with Crippen LogP contribution < -0.4 is 15.5 Å². The SMILES string of the molecule is CN1CC(O)Cc2c1cccc2N(C(N)=O)c1ccc(Cl)cc1. The molecule has 120 valence electrons. The smallest absolute Gasteiger partial charge is 0.323 e. The molecule has 0 bridgehead atoms. The van der Waals surface area contributed by atoms with Gasteiger partial charge in [0.05, 0.1) is 17.5 Å². The van der Waals surface area contributed by atoms with Crippen molar-refractivity contribution in [1.82, 2.24) is 0 Å². The van der Waals surface area contributed by atoms with Crippen LogP contribution in [0.25, 0.3) is 0 Å². The molecular formula is C17H18ClN3O2. The zero-order valence-electron chi connectivity index (χ0n) is 12.7. The molecule has 0 spiro atoms. The maximum atomic E-state index is 12.1. The van der Waals surface area contributed by atoms with Crippen molar-refractivity contribution in [3.8, 4) is 0 Å². The van der Waals surface area contributed by atoms with E-state index in [4.69, 9.17) is 17.3 Å². The molecule has 6 heteroatoms. The molecule has 1 aliphatic heterocycles. The second kappa shape index (κ2) is 6.10. The highest BCUT2D eigenvalue weighted by atomic mass is 35.5. The average molecular weight is 332 g/mol. The fraction of sp³-hybridized carbons (Fsp3) is 0.235. The molecule has 23 heavy (non-hydrogen) atoms. The maximum absolute atomic E-state index is 12.1. The van der Waals surface area contributed by atoms with Gasteiger partial charge >= 0.3 is 6.03 Å². The quantitative estimate of drug-likeness (QED) is 0.889. The molecule has 1 heterocycles. The number of anilines is 3. The number of carbonyl (C=O) groups excluding carboxylic acids is 1. The summed E-state index contributed by atoms with van der Waals surface area (Å²) in [5, 5.41) is 10.7. The number of aliphatic hydroxyl groups excluding tert-OH is 1. The molecule has 1 aliphatic rings. The van der Waals surface area contributed by atoms with Crippen LogP contribution in [-0.2, 0) is 6.42 Å². The first-order chi connectivity index (χ1) is 11.0. The summed E-state index contributed by atoms with van der Waals surface area (Å²) < 4.78 is 0. The maximum Gasteiger partial charge on any atom is 0.323 e. The van der Waals surface area contributed by atoms with E-state index >= 15 is 0 Å².